The van der Waals surface area contributed by atoms with Gasteiger partial charge in [0.15, 0.2) is 0 Å². The molecular formula is C56H56N2O2. The number of aryl methyl sites for hydroxylation is 4. The van der Waals surface area contributed by atoms with Crippen molar-refractivity contribution in [2.45, 2.75) is 93.9 Å². The van der Waals surface area contributed by atoms with Crippen LogP contribution in [0.2, 0.25) is 0 Å². The maximum absolute atomic E-state index is 12.7. The number of hydrogen-bond acceptors (Lipinski definition) is 4. The zero-order chi connectivity index (χ0) is 42.7. The highest BCUT2D eigenvalue weighted by Gasteiger charge is 2.47. The summed E-state index contributed by atoms with van der Waals surface area (Å²) in [6, 6.07) is 39.0. The molecule has 0 saturated heterocycles. The van der Waals surface area contributed by atoms with Crippen LogP contribution in [0.15, 0.2) is 109 Å². The van der Waals surface area contributed by atoms with E-state index in [1.54, 1.807) is 0 Å². The van der Waals surface area contributed by atoms with Gasteiger partial charge in [-0.2, -0.15) is 0 Å². The Kier molecular flexibility index (Phi) is 8.91. The van der Waals surface area contributed by atoms with E-state index in [1.807, 2.05) is 11.8 Å². The predicted molar refractivity (Wildman–Crippen MR) is 252 cm³/mol. The third kappa shape index (κ3) is 5.64. The molecule has 0 aliphatic heterocycles. The second kappa shape index (κ2) is 13.6. The lowest BCUT2D eigenvalue weighted by Crippen LogP contribution is -2.20. The molecule has 7 aromatic carbocycles. The summed E-state index contributed by atoms with van der Waals surface area (Å²) in [4.78, 5) is 4.44. The molecule has 0 radical (unpaired) electrons. The van der Waals surface area contributed by atoms with Crippen molar-refractivity contribution in [2.24, 2.45) is 0 Å². The van der Waals surface area contributed by atoms with Crippen LogP contribution in [0.5, 0.6) is 11.5 Å². The smallest absolute Gasteiger partial charge is 0.148 e. The molecule has 0 fully saturated rings. The first kappa shape index (κ1) is 39.2. The van der Waals surface area contributed by atoms with E-state index in [0.29, 0.717) is 5.69 Å². The van der Waals surface area contributed by atoms with Crippen molar-refractivity contribution >= 4 is 34.1 Å². The average Bonchev–Trinajstić information content (AvgIpc) is 3.60. The molecule has 0 atom stereocenters. The second-order valence-corrected chi connectivity index (χ2v) is 18.6. The van der Waals surface area contributed by atoms with Crippen LogP contribution in [0.4, 0.5) is 34.1 Å². The molecule has 0 unspecified atom stereocenters. The first-order chi connectivity index (χ1) is 28.4. The summed E-state index contributed by atoms with van der Waals surface area (Å²) in [5.74, 6) is 0.188. The average molecular weight is 789 g/mol. The van der Waals surface area contributed by atoms with E-state index in [1.165, 1.54) is 55.8 Å². The fourth-order valence-electron chi connectivity index (χ4n) is 10.5. The zero-order valence-electron chi connectivity index (χ0n) is 37.2. The van der Waals surface area contributed by atoms with Gasteiger partial charge in [-0.15, -0.1) is 0 Å². The second-order valence-electron chi connectivity index (χ2n) is 18.6. The van der Waals surface area contributed by atoms with Gasteiger partial charge in [0.1, 0.15) is 17.2 Å². The molecule has 0 spiro atoms. The van der Waals surface area contributed by atoms with Crippen molar-refractivity contribution in [1.82, 2.24) is 0 Å². The van der Waals surface area contributed by atoms with Crippen LogP contribution in [0.1, 0.15) is 94.5 Å². The van der Waals surface area contributed by atoms with E-state index in [2.05, 4.69) is 190 Å². The van der Waals surface area contributed by atoms with Crippen LogP contribution in [-0.2, 0) is 10.8 Å². The Labute approximate surface area is 356 Å². The molecule has 0 aromatic heterocycles. The molecule has 2 aliphatic rings. The minimum Gasteiger partial charge on any atom is -0.505 e. The number of nitrogens with zero attached hydrogens (tertiary/aromatic N) is 2. The Bertz CT molecular complexity index is 2590. The lowest BCUT2D eigenvalue weighted by molar-refractivity contribution is 0.439. The molecule has 0 saturated carbocycles. The van der Waals surface area contributed by atoms with Crippen molar-refractivity contribution < 1.29 is 10.2 Å². The molecular weight excluding hydrogens is 733 g/mol. The quantitative estimate of drug-likeness (QED) is 0.176. The Morgan fingerprint density at radius 1 is 0.367 bits per heavy atom. The van der Waals surface area contributed by atoms with Crippen molar-refractivity contribution in [3.63, 3.8) is 0 Å². The summed E-state index contributed by atoms with van der Waals surface area (Å²) >= 11 is 0. The fraction of sp³-hybridized carbons (Fsp3) is 0.250. The van der Waals surface area contributed by atoms with Gasteiger partial charge in [0.25, 0.3) is 0 Å². The number of hydrogen-bond donors (Lipinski definition) is 2. The number of rotatable bonds is 6. The molecule has 60 heavy (non-hydrogen) atoms. The summed E-state index contributed by atoms with van der Waals surface area (Å²) < 4.78 is 0. The zero-order valence-corrected chi connectivity index (χ0v) is 37.2. The molecule has 0 amide bonds. The van der Waals surface area contributed by atoms with Crippen LogP contribution in [0.3, 0.4) is 0 Å². The highest BCUT2D eigenvalue weighted by atomic mass is 16.3. The molecule has 4 nitrogen and oxygen atoms in total. The first-order valence-electron chi connectivity index (χ1n) is 21.2. The standard InChI is InChI=1S/C56H56N2O2/c1-31-13-21-39(22-14-31)57(40-23-15-32(2)16-24-40)51-36(6)35(5)47-43-29-46-44(30-45(43)55(9,10)49(47)38(51)8)48-37(7)53(59)52(54(60)50(48)56(46,11)12)58(41-25-17-33(3)18-26-41)42-27-19-34(4)20-28-42/h13-30,59-60H,1-12H3. The maximum atomic E-state index is 12.7. The van der Waals surface area contributed by atoms with E-state index in [4.69, 9.17) is 0 Å². The summed E-state index contributed by atoms with van der Waals surface area (Å²) in [6.07, 6.45) is 0. The van der Waals surface area contributed by atoms with Crippen molar-refractivity contribution in [1.29, 1.82) is 0 Å². The topological polar surface area (TPSA) is 46.9 Å². The van der Waals surface area contributed by atoms with Crippen LogP contribution in [-0.4, -0.2) is 10.2 Å². The summed E-state index contributed by atoms with van der Waals surface area (Å²) in [5.41, 5.74) is 23.3. The summed E-state index contributed by atoms with van der Waals surface area (Å²) in [6.45, 7) is 26.5. The van der Waals surface area contributed by atoms with Gasteiger partial charge in [0.2, 0.25) is 0 Å². The number of phenolic OH excluding ortho intramolecular Hbond substituents is 2. The van der Waals surface area contributed by atoms with Gasteiger partial charge >= 0.3 is 0 Å². The third-order valence-electron chi connectivity index (χ3n) is 13.8. The number of fused-ring (bicyclic) bond motifs is 6. The highest BCUT2D eigenvalue weighted by Crippen LogP contribution is 2.64. The lowest BCUT2D eigenvalue weighted by atomic mass is 9.77. The number of phenols is 2. The molecule has 302 valence electrons. The van der Waals surface area contributed by atoms with Gasteiger partial charge in [-0.3, -0.25) is 0 Å². The van der Waals surface area contributed by atoms with Gasteiger partial charge < -0.3 is 20.0 Å². The van der Waals surface area contributed by atoms with Gasteiger partial charge in [0.05, 0.1) is 5.69 Å². The molecule has 0 heterocycles. The number of benzene rings is 7. The third-order valence-corrected chi connectivity index (χ3v) is 13.8. The van der Waals surface area contributed by atoms with E-state index >= 15 is 0 Å². The van der Waals surface area contributed by atoms with Crippen molar-refractivity contribution in [2.75, 3.05) is 9.80 Å². The Morgan fingerprint density at radius 2 is 0.700 bits per heavy atom. The van der Waals surface area contributed by atoms with Gasteiger partial charge in [-0.25, -0.2) is 0 Å². The van der Waals surface area contributed by atoms with Crippen molar-refractivity contribution in [3.05, 3.63) is 176 Å². The Morgan fingerprint density at radius 3 is 1.08 bits per heavy atom. The SMILES string of the molecule is Cc1ccc(N(c2ccc(C)cc2)c2c(C)c(C)c3c(c2C)C(C)(C)c2cc4c(cc2-3)C(C)(C)c2c(O)c(N(c3ccc(C)cc3)c3ccc(C)cc3)c(O)c(C)c2-4)cc1. The normalized spacial score (nSPS) is 14.1. The van der Waals surface area contributed by atoms with E-state index in [9.17, 15) is 10.2 Å². The first-order valence-corrected chi connectivity index (χ1v) is 21.2. The lowest BCUT2D eigenvalue weighted by Gasteiger charge is -2.33. The van der Waals surface area contributed by atoms with E-state index < -0.39 is 5.41 Å². The number of anilines is 6. The van der Waals surface area contributed by atoms with Gasteiger partial charge in [0, 0.05) is 44.7 Å². The minimum absolute atomic E-state index is 0.0818. The molecule has 0 bridgehead atoms. The number of aromatic hydroxyl groups is 2. The van der Waals surface area contributed by atoms with Gasteiger partial charge in [-0.1, -0.05) is 98.5 Å². The van der Waals surface area contributed by atoms with Crippen LogP contribution >= 0.6 is 0 Å². The Hall–Kier alpha value is -6.26. The van der Waals surface area contributed by atoms with Gasteiger partial charge in [-0.05, 0) is 172 Å². The maximum Gasteiger partial charge on any atom is 0.148 e. The van der Waals surface area contributed by atoms with Crippen LogP contribution in [0.25, 0.3) is 22.3 Å². The summed E-state index contributed by atoms with van der Waals surface area (Å²) in [5, 5.41) is 25.1. The molecule has 4 heteroatoms. The van der Waals surface area contributed by atoms with Crippen LogP contribution in [0, 0.1) is 55.4 Å². The van der Waals surface area contributed by atoms with Crippen molar-refractivity contribution in [3.8, 4) is 33.8 Å². The highest BCUT2D eigenvalue weighted by molar-refractivity contribution is 5.99. The Balaban J connectivity index is 1.25. The fourth-order valence-corrected chi connectivity index (χ4v) is 10.5. The minimum atomic E-state index is -0.568. The monoisotopic (exact) mass is 788 g/mol. The van der Waals surface area contributed by atoms with E-state index in [0.717, 1.165) is 61.7 Å². The molecule has 2 aliphatic carbocycles. The molecule has 9 rings (SSSR count). The molecule has 2 N–H and O–H groups in total. The van der Waals surface area contributed by atoms with Crippen LogP contribution < -0.4 is 9.80 Å². The summed E-state index contributed by atoms with van der Waals surface area (Å²) in [7, 11) is 0. The van der Waals surface area contributed by atoms with E-state index in [-0.39, 0.29) is 16.9 Å². The largest absolute Gasteiger partial charge is 0.505 e. The predicted octanol–water partition coefficient (Wildman–Crippen LogP) is 15.1. The molecule has 7 aromatic rings.